The molecule has 8 heteroatoms. The fourth-order valence-electron chi connectivity index (χ4n) is 1.48. The minimum absolute atomic E-state index is 0.137. The van der Waals surface area contributed by atoms with Crippen molar-refractivity contribution in [3.63, 3.8) is 0 Å². The van der Waals surface area contributed by atoms with Crippen LogP contribution in [-0.2, 0) is 6.54 Å². The zero-order chi connectivity index (χ0) is 13.7. The Bertz CT molecular complexity index is 556. The van der Waals surface area contributed by atoms with E-state index in [1.165, 1.54) is 0 Å². The van der Waals surface area contributed by atoms with Crippen molar-refractivity contribution in [3.05, 3.63) is 41.3 Å². The summed E-state index contributed by atoms with van der Waals surface area (Å²) in [5, 5.41) is 7.02. The Hall–Kier alpha value is -2.12. The molecule has 0 aromatic carbocycles. The Labute approximate surface area is 114 Å². The van der Waals surface area contributed by atoms with Gasteiger partial charge in [0, 0.05) is 18.9 Å². The number of carbonyl (C=O) groups excluding carboxylic acids is 1. The number of hydrogen-bond donors (Lipinski definition) is 3. The van der Waals surface area contributed by atoms with Gasteiger partial charge in [0.05, 0.1) is 11.6 Å². The fraction of sp³-hybridized carbons (Fsp3) is 0.182. The van der Waals surface area contributed by atoms with Gasteiger partial charge in [-0.3, -0.25) is 9.48 Å². The molecule has 2 heterocycles. The average Bonchev–Trinajstić information content (AvgIpc) is 2.92. The number of rotatable bonds is 5. The fourth-order valence-corrected chi connectivity index (χ4v) is 1.67. The molecule has 0 saturated carbocycles. The van der Waals surface area contributed by atoms with Gasteiger partial charge in [0.15, 0.2) is 0 Å². The van der Waals surface area contributed by atoms with Gasteiger partial charge >= 0.3 is 0 Å². The Morgan fingerprint density at radius 1 is 1.47 bits per heavy atom. The number of carbonyl (C=O) groups is 1. The van der Waals surface area contributed by atoms with Crippen LogP contribution in [0, 0.1) is 0 Å². The molecule has 2 rings (SSSR count). The number of amides is 1. The summed E-state index contributed by atoms with van der Waals surface area (Å²) >= 11 is 5.92. The van der Waals surface area contributed by atoms with Gasteiger partial charge in [-0.25, -0.2) is 10.8 Å². The van der Waals surface area contributed by atoms with Crippen LogP contribution < -0.4 is 16.6 Å². The third-order valence-electron chi connectivity index (χ3n) is 2.39. The molecule has 0 aliphatic heterocycles. The lowest BCUT2D eigenvalue weighted by Gasteiger charge is -2.07. The second-order valence-corrected chi connectivity index (χ2v) is 4.10. The van der Waals surface area contributed by atoms with E-state index in [2.05, 4.69) is 20.8 Å². The van der Waals surface area contributed by atoms with Crippen LogP contribution in [0.1, 0.15) is 10.5 Å². The number of hydrogen-bond acceptors (Lipinski definition) is 5. The lowest BCUT2D eigenvalue weighted by atomic mass is 10.3. The van der Waals surface area contributed by atoms with E-state index in [4.69, 9.17) is 17.4 Å². The first kappa shape index (κ1) is 13.3. The van der Waals surface area contributed by atoms with E-state index < -0.39 is 0 Å². The molecular formula is C11H13ClN6O. The average molecular weight is 281 g/mol. The number of nitrogens with one attached hydrogen (secondary N) is 2. The molecule has 0 aliphatic carbocycles. The standard InChI is InChI=1S/C11H13ClN6O/c12-8-2-3-9(17-13)16-10(8)11(19)14-5-7-18-6-1-4-15-18/h1-4,6H,5,7,13H2,(H,14,19)(H,16,17). The number of nitrogen functional groups attached to an aromatic ring is 1. The van der Waals surface area contributed by atoms with Crippen LogP contribution in [0.3, 0.4) is 0 Å². The summed E-state index contributed by atoms with van der Waals surface area (Å²) in [5.41, 5.74) is 2.50. The van der Waals surface area contributed by atoms with Gasteiger partial charge in [0.2, 0.25) is 0 Å². The number of pyridine rings is 1. The van der Waals surface area contributed by atoms with Gasteiger partial charge in [-0.1, -0.05) is 11.6 Å². The lowest BCUT2D eigenvalue weighted by molar-refractivity contribution is 0.0947. The first-order chi connectivity index (χ1) is 9.20. The van der Waals surface area contributed by atoms with Crippen molar-refractivity contribution < 1.29 is 4.79 Å². The summed E-state index contributed by atoms with van der Waals surface area (Å²) in [5.74, 6) is 5.26. The van der Waals surface area contributed by atoms with Crippen LogP contribution in [0.15, 0.2) is 30.6 Å². The monoisotopic (exact) mass is 280 g/mol. The van der Waals surface area contributed by atoms with Crippen molar-refractivity contribution in [1.29, 1.82) is 0 Å². The van der Waals surface area contributed by atoms with E-state index in [9.17, 15) is 4.79 Å². The van der Waals surface area contributed by atoms with E-state index in [0.717, 1.165) is 0 Å². The van der Waals surface area contributed by atoms with Crippen molar-refractivity contribution in [2.75, 3.05) is 12.0 Å². The van der Waals surface area contributed by atoms with Crippen molar-refractivity contribution in [2.24, 2.45) is 5.84 Å². The SMILES string of the molecule is NNc1ccc(Cl)c(C(=O)NCCn2cccn2)n1. The Morgan fingerprint density at radius 3 is 3.00 bits per heavy atom. The molecule has 1 amide bonds. The Kier molecular flexibility index (Phi) is 4.32. The molecule has 0 spiro atoms. The molecule has 0 saturated heterocycles. The first-order valence-corrected chi connectivity index (χ1v) is 5.97. The van der Waals surface area contributed by atoms with E-state index in [1.807, 2.05) is 12.3 Å². The van der Waals surface area contributed by atoms with Gasteiger partial charge < -0.3 is 10.7 Å². The zero-order valence-corrected chi connectivity index (χ0v) is 10.8. The minimum Gasteiger partial charge on any atom is -0.349 e. The second-order valence-electron chi connectivity index (χ2n) is 3.70. The zero-order valence-electron chi connectivity index (χ0n) is 10.0. The minimum atomic E-state index is -0.353. The Balaban J connectivity index is 1.95. The van der Waals surface area contributed by atoms with E-state index in [1.54, 1.807) is 23.0 Å². The highest BCUT2D eigenvalue weighted by Gasteiger charge is 2.12. The van der Waals surface area contributed by atoms with Crippen LogP contribution in [-0.4, -0.2) is 27.2 Å². The smallest absolute Gasteiger partial charge is 0.271 e. The summed E-state index contributed by atoms with van der Waals surface area (Å²) in [7, 11) is 0. The number of nitrogens with two attached hydrogens (primary N) is 1. The molecule has 0 bridgehead atoms. The van der Waals surface area contributed by atoms with Crippen LogP contribution in [0.5, 0.6) is 0 Å². The predicted octanol–water partition coefficient (Wildman–Crippen LogP) is 0.647. The summed E-state index contributed by atoms with van der Waals surface area (Å²) in [6.07, 6.45) is 3.49. The summed E-state index contributed by atoms with van der Waals surface area (Å²) in [6.45, 7) is 1.00. The lowest BCUT2D eigenvalue weighted by Crippen LogP contribution is -2.28. The first-order valence-electron chi connectivity index (χ1n) is 5.59. The topological polar surface area (TPSA) is 97.9 Å². The molecule has 4 N–H and O–H groups in total. The van der Waals surface area contributed by atoms with Crippen LogP contribution >= 0.6 is 11.6 Å². The highest BCUT2D eigenvalue weighted by molar-refractivity contribution is 6.33. The van der Waals surface area contributed by atoms with Gasteiger partial charge in [0.1, 0.15) is 11.5 Å². The number of nitrogens with zero attached hydrogens (tertiary/aromatic N) is 3. The quantitative estimate of drug-likeness (QED) is 0.552. The third-order valence-corrected chi connectivity index (χ3v) is 2.70. The maximum Gasteiger partial charge on any atom is 0.271 e. The third kappa shape index (κ3) is 3.43. The molecule has 0 atom stereocenters. The number of anilines is 1. The molecule has 7 nitrogen and oxygen atoms in total. The van der Waals surface area contributed by atoms with Gasteiger partial charge in [-0.05, 0) is 18.2 Å². The molecule has 0 aliphatic rings. The molecule has 19 heavy (non-hydrogen) atoms. The molecule has 0 radical (unpaired) electrons. The normalized spacial score (nSPS) is 10.2. The molecule has 100 valence electrons. The van der Waals surface area contributed by atoms with E-state index >= 15 is 0 Å². The predicted molar refractivity (Wildman–Crippen MR) is 71.6 cm³/mol. The van der Waals surface area contributed by atoms with Crippen LogP contribution in [0.2, 0.25) is 5.02 Å². The molecule has 0 fully saturated rings. The largest absolute Gasteiger partial charge is 0.349 e. The Morgan fingerprint density at radius 2 is 2.32 bits per heavy atom. The molecule has 2 aromatic rings. The maximum absolute atomic E-state index is 11.9. The number of halogens is 1. The van der Waals surface area contributed by atoms with Gasteiger partial charge in [-0.2, -0.15) is 5.10 Å². The van der Waals surface area contributed by atoms with Crippen LogP contribution in [0.4, 0.5) is 5.82 Å². The summed E-state index contributed by atoms with van der Waals surface area (Å²) < 4.78 is 1.72. The maximum atomic E-state index is 11.9. The number of hydrazine groups is 1. The summed E-state index contributed by atoms with van der Waals surface area (Å²) in [6, 6.07) is 4.96. The van der Waals surface area contributed by atoms with Crippen molar-refractivity contribution in [1.82, 2.24) is 20.1 Å². The highest BCUT2D eigenvalue weighted by Crippen LogP contribution is 2.15. The molecular weight excluding hydrogens is 268 g/mol. The molecule has 2 aromatic heterocycles. The highest BCUT2D eigenvalue weighted by atomic mass is 35.5. The van der Waals surface area contributed by atoms with E-state index in [0.29, 0.717) is 18.9 Å². The van der Waals surface area contributed by atoms with Crippen LogP contribution in [0.25, 0.3) is 0 Å². The van der Waals surface area contributed by atoms with Gasteiger partial charge in [-0.15, -0.1) is 0 Å². The van der Waals surface area contributed by atoms with Crippen molar-refractivity contribution in [2.45, 2.75) is 6.54 Å². The summed E-state index contributed by atoms with van der Waals surface area (Å²) in [4.78, 5) is 15.9. The second kappa shape index (κ2) is 6.17. The van der Waals surface area contributed by atoms with Crippen molar-refractivity contribution >= 4 is 23.3 Å². The van der Waals surface area contributed by atoms with Crippen molar-refractivity contribution in [3.8, 4) is 0 Å². The van der Waals surface area contributed by atoms with E-state index in [-0.39, 0.29) is 16.6 Å². The molecule has 0 unspecified atom stereocenters. The number of aromatic nitrogens is 3. The van der Waals surface area contributed by atoms with Gasteiger partial charge in [0.25, 0.3) is 5.91 Å².